The van der Waals surface area contributed by atoms with Crippen molar-refractivity contribution in [3.63, 3.8) is 0 Å². The molecule has 1 aliphatic carbocycles. The van der Waals surface area contributed by atoms with Crippen molar-refractivity contribution in [3.8, 4) is 0 Å². The monoisotopic (exact) mass is 359 g/mol. The van der Waals surface area contributed by atoms with Gasteiger partial charge in [-0.3, -0.25) is 0 Å². The average molecular weight is 359 g/mol. The quantitative estimate of drug-likeness (QED) is 0.661. The zero-order valence-corrected chi connectivity index (χ0v) is 13.4. The minimum Gasteiger partial charge on any atom is -0.465 e. The first-order chi connectivity index (χ1) is 11.7. The van der Waals surface area contributed by atoms with Crippen molar-refractivity contribution in [1.29, 1.82) is 0 Å². The third-order valence-electron chi connectivity index (χ3n) is 4.19. The number of rotatable bonds is 4. The molecule has 25 heavy (non-hydrogen) atoms. The second kappa shape index (κ2) is 8.09. The number of hydrogen-bond donors (Lipinski definition) is 4. The minimum atomic E-state index is -4.41. The maximum absolute atomic E-state index is 12.5. The third-order valence-corrected chi connectivity index (χ3v) is 4.19. The van der Waals surface area contributed by atoms with Gasteiger partial charge < -0.3 is 21.1 Å². The SMILES string of the molecule is O=C(O)NCC1CCC(NC(=O)Nc2ccc(C(F)(F)F)cc2)CC1. The van der Waals surface area contributed by atoms with Crippen molar-refractivity contribution in [2.24, 2.45) is 5.92 Å². The van der Waals surface area contributed by atoms with Gasteiger partial charge >= 0.3 is 18.3 Å². The molecule has 0 spiro atoms. The summed E-state index contributed by atoms with van der Waals surface area (Å²) in [7, 11) is 0. The second-order valence-electron chi connectivity index (χ2n) is 6.08. The molecule has 9 heteroatoms. The third kappa shape index (κ3) is 6.17. The van der Waals surface area contributed by atoms with E-state index in [9.17, 15) is 22.8 Å². The lowest BCUT2D eigenvalue weighted by molar-refractivity contribution is -0.137. The normalized spacial score (nSPS) is 20.6. The van der Waals surface area contributed by atoms with Gasteiger partial charge in [0.25, 0.3) is 0 Å². The smallest absolute Gasteiger partial charge is 0.416 e. The molecule has 0 aromatic heterocycles. The fourth-order valence-electron chi connectivity index (χ4n) is 2.84. The van der Waals surface area contributed by atoms with Gasteiger partial charge in [-0.25, -0.2) is 9.59 Å². The number of carboxylic acid groups (broad SMARTS) is 1. The Hall–Kier alpha value is -2.45. The number of anilines is 1. The van der Waals surface area contributed by atoms with Crippen LogP contribution >= 0.6 is 0 Å². The van der Waals surface area contributed by atoms with E-state index in [0.29, 0.717) is 6.54 Å². The van der Waals surface area contributed by atoms with E-state index in [1.165, 1.54) is 12.1 Å². The Kier molecular flexibility index (Phi) is 6.11. The van der Waals surface area contributed by atoms with Crippen LogP contribution in [-0.2, 0) is 6.18 Å². The second-order valence-corrected chi connectivity index (χ2v) is 6.08. The van der Waals surface area contributed by atoms with Crippen LogP contribution in [0.25, 0.3) is 0 Å². The lowest BCUT2D eigenvalue weighted by Gasteiger charge is -2.29. The van der Waals surface area contributed by atoms with Gasteiger partial charge in [-0.2, -0.15) is 13.2 Å². The Morgan fingerprint density at radius 1 is 1.08 bits per heavy atom. The number of alkyl halides is 3. The van der Waals surface area contributed by atoms with Crippen LogP contribution in [0.1, 0.15) is 31.2 Å². The first kappa shape index (κ1) is 18.9. The summed E-state index contributed by atoms with van der Waals surface area (Å²) in [5.74, 6) is 0.257. The van der Waals surface area contributed by atoms with Crippen molar-refractivity contribution in [2.45, 2.75) is 37.9 Å². The van der Waals surface area contributed by atoms with Gasteiger partial charge in [0.1, 0.15) is 0 Å². The molecular weight excluding hydrogens is 339 g/mol. The highest BCUT2D eigenvalue weighted by atomic mass is 19.4. The molecule has 4 N–H and O–H groups in total. The summed E-state index contributed by atoms with van der Waals surface area (Å²) < 4.78 is 37.5. The van der Waals surface area contributed by atoms with Crippen LogP contribution in [0.4, 0.5) is 28.4 Å². The molecule has 1 aromatic carbocycles. The van der Waals surface area contributed by atoms with Crippen LogP contribution in [0.15, 0.2) is 24.3 Å². The highest BCUT2D eigenvalue weighted by Gasteiger charge is 2.30. The lowest BCUT2D eigenvalue weighted by Crippen LogP contribution is -2.41. The number of carbonyl (C=O) groups is 2. The van der Waals surface area contributed by atoms with Gasteiger partial charge in [-0.05, 0) is 55.9 Å². The van der Waals surface area contributed by atoms with Crippen LogP contribution < -0.4 is 16.0 Å². The van der Waals surface area contributed by atoms with Crippen LogP contribution in [0.5, 0.6) is 0 Å². The minimum absolute atomic E-state index is 0.0319. The summed E-state index contributed by atoms with van der Waals surface area (Å²) >= 11 is 0. The van der Waals surface area contributed by atoms with Gasteiger partial charge in [-0.15, -0.1) is 0 Å². The maximum Gasteiger partial charge on any atom is 0.416 e. The van der Waals surface area contributed by atoms with Crippen molar-refractivity contribution >= 4 is 17.8 Å². The van der Waals surface area contributed by atoms with Gasteiger partial charge in [0, 0.05) is 18.3 Å². The first-order valence-corrected chi connectivity index (χ1v) is 7.95. The van der Waals surface area contributed by atoms with Crippen molar-refractivity contribution in [1.82, 2.24) is 10.6 Å². The summed E-state index contributed by atoms with van der Waals surface area (Å²) in [6, 6.07) is 3.74. The standard InChI is InChI=1S/C16H20F3N3O3/c17-16(18,19)11-3-7-13(8-4-11)22-14(23)21-12-5-1-10(2-6-12)9-20-15(24)25/h3-4,7-8,10,12,20H,1-2,5-6,9H2,(H,24,25)(H2,21,22,23). The maximum atomic E-state index is 12.5. The van der Waals surface area contributed by atoms with E-state index < -0.39 is 23.9 Å². The Balaban J connectivity index is 1.75. The fourth-order valence-corrected chi connectivity index (χ4v) is 2.84. The molecule has 1 saturated carbocycles. The van der Waals surface area contributed by atoms with Gasteiger partial charge in [0.2, 0.25) is 0 Å². The molecule has 138 valence electrons. The number of amides is 3. The molecule has 6 nitrogen and oxygen atoms in total. The molecule has 3 amide bonds. The number of nitrogens with one attached hydrogen (secondary N) is 3. The zero-order valence-electron chi connectivity index (χ0n) is 13.4. The summed E-state index contributed by atoms with van der Waals surface area (Å²) in [5, 5.41) is 16.2. The van der Waals surface area contributed by atoms with Gasteiger partial charge in [0.15, 0.2) is 0 Å². The van der Waals surface area contributed by atoms with Crippen molar-refractivity contribution < 1.29 is 27.9 Å². The molecule has 0 radical (unpaired) electrons. The number of halogens is 3. The summed E-state index contributed by atoms with van der Waals surface area (Å²) in [5.41, 5.74) is -0.489. The number of hydrogen-bond acceptors (Lipinski definition) is 2. The van der Waals surface area contributed by atoms with E-state index in [2.05, 4.69) is 16.0 Å². The fraction of sp³-hybridized carbons (Fsp3) is 0.500. The molecule has 0 heterocycles. The predicted molar refractivity (Wildman–Crippen MR) is 85.4 cm³/mol. The van der Waals surface area contributed by atoms with E-state index in [-0.39, 0.29) is 17.6 Å². The molecular formula is C16H20F3N3O3. The van der Waals surface area contributed by atoms with E-state index in [1.807, 2.05) is 0 Å². The lowest BCUT2D eigenvalue weighted by atomic mass is 9.86. The van der Waals surface area contributed by atoms with Crippen LogP contribution in [0.3, 0.4) is 0 Å². The molecule has 0 bridgehead atoms. The molecule has 2 rings (SSSR count). The Morgan fingerprint density at radius 3 is 2.20 bits per heavy atom. The highest BCUT2D eigenvalue weighted by Crippen LogP contribution is 2.30. The van der Waals surface area contributed by atoms with E-state index in [4.69, 9.17) is 5.11 Å². The topological polar surface area (TPSA) is 90.5 Å². The van der Waals surface area contributed by atoms with Gasteiger partial charge in [0.05, 0.1) is 5.56 Å². The van der Waals surface area contributed by atoms with Crippen LogP contribution in [0, 0.1) is 5.92 Å². The predicted octanol–water partition coefficient (Wildman–Crippen LogP) is 3.65. The summed E-state index contributed by atoms with van der Waals surface area (Å²) in [4.78, 5) is 22.4. The Bertz CT molecular complexity index is 597. The largest absolute Gasteiger partial charge is 0.465 e. The van der Waals surface area contributed by atoms with E-state index >= 15 is 0 Å². The summed E-state index contributed by atoms with van der Waals surface area (Å²) in [6.07, 6.45) is -2.40. The highest BCUT2D eigenvalue weighted by molar-refractivity contribution is 5.89. The molecule has 0 saturated heterocycles. The van der Waals surface area contributed by atoms with Crippen molar-refractivity contribution in [2.75, 3.05) is 11.9 Å². The van der Waals surface area contributed by atoms with Crippen LogP contribution in [-0.4, -0.2) is 29.8 Å². The summed E-state index contributed by atoms with van der Waals surface area (Å²) in [6.45, 7) is 0.403. The van der Waals surface area contributed by atoms with Gasteiger partial charge in [-0.1, -0.05) is 0 Å². The zero-order chi connectivity index (χ0) is 18.4. The molecule has 0 aliphatic heterocycles. The Morgan fingerprint density at radius 2 is 1.68 bits per heavy atom. The van der Waals surface area contributed by atoms with Crippen molar-refractivity contribution in [3.05, 3.63) is 29.8 Å². The molecule has 1 fully saturated rings. The van der Waals surface area contributed by atoms with E-state index in [1.54, 1.807) is 0 Å². The van der Waals surface area contributed by atoms with Crippen LogP contribution in [0.2, 0.25) is 0 Å². The number of carbonyl (C=O) groups excluding carboxylic acids is 1. The number of urea groups is 1. The first-order valence-electron chi connectivity index (χ1n) is 7.95. The number of benzene rings is 1. The van der Waals surface area contributed by atoms with E-state index in [0.717, 1.165) is 37.8 Å². The molecule has 0 unspecified atom stereocenters. The molecule has 0 atom stereocenters. The average Bonchev–Trinajstić information content (AvgIpc) is 2.53. The molecule has 1 aliphatic rings. The molecule has 1 aromatic rings. The Labute approximate surface area is 142 Å².